The van der Waals surface area contributed by atoms with Crippen LogP contribution in [0.15, 0.2) is 36.9 Å². The van der Waals surface area contributed by atoms with E-state index in [2.05, 4.69) is 65.5 Å². The SMILES string of the molecule is C=Cc1ccccc1.C[SiH](C)O[Si](C)(C)O[Si](C)(C)O[Si](C)(C)C. The third-order valence-electron chi connectivity index (χ3n) is 2.60. The fraction of sp³-hybridized carbons (Fsp3) is 0.529. The molecule has 0 atom stereocenters. The molecule has 1 aromatic carbocycles. The van der Waals surface area contributed by atoms with Crippen molar-refractivity contribution in [2.24, 2.45) is 0 Å². The minimum atomic E-state index is -2.02. The molecule has 0 aliphatic rings. The topological polar surface area (TPSA) is 27.7 Å². The van der Waals surface area contributed by atoms with Crippen LogP contribution in [0.4, 0.5) is 0 Å². The molecule has 0 bridgehead atoms. The van der Waals surface area contributed by atoms with E-state index in [9.17, 15) is 0 Å². The number of hydrogen-bond acceptors (Lipinski definition) is 3. The molecule has 7 heteroatoms. The van der Waals surface area contributed by atoms with Gasteiger partial charge in [-0.1, -0.05) is 43.0 Å². The summed E-state index contributed by atoms with van der Waals surface area (Å²) < 4.78 is 18.4. The molecule has 0 N–H and O–H groups in total. The van der Waals surface area contributed by atoms with Crippen LogP contribution in [0.5, 0.6) is 0 Å². The average Bonchev–Trinajstić information content (AvgIpc) is 2.34. The Hall–Kier alpha value is -0.292. The first-order chi connectivity index (χ1) is 10.8. The zero-order valence-corrected chi connectivity index (χ0v) is 21.1. The summed E-state index contributed by atoms with van der Waals surface area (Å²) in [7, 11) is -6.54. The second-order valence-corrected chi connectivity index (χ2v) is 22.4. The number of hydrogen-bond donors (Lipinski definition) is 0. The van der Waals surface area contributed by atoms with Gasteiger partial charge < -0.3 is 12.3 Å². The lowest BCUT2D eigenvalue weighted by Crippen LogP contribution is -2.53. The standard InChI is InChI=1S/C9H28O3Si4.C8H8/c1-13(2)10-15(6,7)12-16(8,9)11-14(3,4)5;1-2-8-6-4-3-5-7-8/h13H,1-9H3;2-7H,1H2. The Bertz CT molecular complexity index is 482. The highest BCUT2D eigenvalue weighted by Crippen LogP contribution is 2.21. The fourth-order valence-corrected chi connectivity index (χ4v) is 18.9. The molecule has 0 unspecified atom stereocenters. The smallest absolute Gasteiger partial charge is 0.312 e. The van der Waals surface area contributed by atoms with E-state index in [0.29, 0.717) is 0 Å². The van der Waals surface area contributed by atoms with Gasteiger partial charge in [0, 0.05) is 0 Å². The molecule has 1 rings (SSSR count). The molecule has 0 saturated heterocycles. The second kappa shape index (κ2) is 10.0. The van der Waals surface area contributed by atoms with Crippen LogP contribution in [-0.4, -0.2) is 34.5 Å². The summed E-state index contributed by atoms with van der Waals surface area (Å²) in [6.45, 7) is 23.1. The summed E-state index contributed by atoms with van der Waals surface area (Å²) in [5.74, 6) is 0. The van der Waals surface area contributed by atoms with Gasteiger partial charge in [-0.15, -0.1) is 0 Å². The Morgan fingerprint density at radius 3 is 1.67 bits per heavy atom. The summed E-state index contributed by atoms with van der Waals surface area (Å²) in [6.07, 6.45) is 1.83. The van der Waals surface area contributed by atoms with Crippen molar-refractivity contribution in [3.8, 4) is 0 Å². The minimum Gasteiger partial charge on any atom is -0.440 e. The summed E-state index contributed by atoms with van der Waals surface area (Å²) in [6, 6.07) is 10.0. The van der Waals surface area contributed by atoms with Crippen LogP contribution < -0.4 is 0 Å². The first kappa shape index (κ1) is 23.7. The predicted octanol–water partition coefficient (Wildman–Crippen LogP) is 5.59. The van der Waals surface area contributed by atoms with Crippen LogP contribution in [0.25, 0.3) is 6.08 Å². The second-order valence-electron chi connectivity index (χ2n) is 7.90. The molecule has 0 heterocycles. The summed E-state index contributed by atoms with van der Waals surface area (Å²) in [5, 5.41) is 0. The highest BCUT2D eigenvalue weighted by Gasteiger charge is 2.39. The number of rotatable bonds is 7. The van der Waals surface area contributed by atoms with Crippen molar-refractivity contribution in [3.63, 3.8) is 0 Å². The zero-order chi connectivity index (χ0) is 19.0. The Labute approximate surface area is 154 Å². The van der Waals surface area contributed by atoms with E-state index in [1.807, 2.05) is 36.4 Å². The van der Waals surface area contributed by atoms with Gasteiger partial charge in [-0.3, -0.25) is 0 Å². The molecule has 0 amide bonds. The van der Waals surface area contributed by atoms with Crippen LogP contribution in [0.2, 0.25) is 58.9 Å². The molecule has 0 aliphatic carbocycles. The summed E-state index contributed by atoms with van der Waals surface area (Å²) >= 11 is 0. The molecular formula is C17H36O3Si4. The lowest BCUT2D eigenvalue weighted by atomic mass is 10.2. The Morgan fingerprint density at radius 1 is 0.833 bits per heavy atom. The maximum Gasteiger partial charge on any atom is 0.312 e. The molecular weight excluding hydrogens is 365 g/mol. The molecule has 3 nitrogen and oxygen atoms in total. The molecule has 0 spiro atoms. The van der Waals surface area contributed by atoms with Gasteiger partial charge >= 0.3 is 17.1 Å². The van der Waals surface area contributed by atoms with Gasteiger partial charge in [0.15, 0.2) is 17.4 Å². The van der Waals surface area contributed by atoms with Crippen molar-refractivity contribution >= 4 is 40.6 Å². The third-order valence-corrected chi connectivity index (χ3v) is 15.1. The van der Waals surface area contributed by atoms with Crippen molar-refractivity contribution in [3.05, 3.63) is 42.5 Å². The van der Waals surface area contributed by atoms with Crippen LogP contribution >= 0.6 is 0 Å². The normalized spacial score (nSPS) is 12.6. The van der Waals surface area contributed by atoms with Gasteiger partial charge in [0.2, 0.25) is 0 Å². The van der Waals surface area contributed by atoms with Gasteiger partial charge in [-0.05, 0) is 64.5 Å². The average molecular weight is 401 g/mol. The Morgan fingerprint density at radius 2 is 1.33 bits per heavy atom. The van der Waals surface area contributed by atoms with Gasteiger partial charge in [-0.2, -0.15) is 0 Å². The quantitative estimate of drug-likeness (QED) is 0.558. The van der Waals surface area contributed by atoms with Crippen LogP contribution in [-0.2, 0) is 12.3 Å². The van der Waals surface area contributed by atoms with Gasteiger partial charge in [0.1, 0.15) is 0 Å². The highest BCUT2D eigenvalue weighted by molar-refractivity contribution is 6.87. The maximum atomic E-state index is 6.21. The zero-order valence-electron chi connectivity index (χ0n) is 17.0. The minimum absolute atomic E-state index is 1.02. The molecule has 0 saturated carbocycles. The molecule has 138 valence electrons. The van der Waals surface area contributed by atoms with E-state index in [-0.39, 0.29) is 0 Å². The summed E-state index contributed by atoms with van der Waals surface area (Å²) in [4.78, 5) is 0. The van der Waals surface area contributed by atoms with Crippen molar-refractivity contribution in [2.75, 3.05) is 0 Å². The van der Waals surface area contributed by atoms with Crippen molar-refractivity contribution in [2.45, 2.75) is 58.9 Å². The molecule has 1 aromatic rings. The van der Waals surface area contributed by atoms with Gasteiger partial charge in [0.05, 0.1) is 0 Å². The van der Waals surface area contributed by atoms with Crippen molar-refractivity contribution in [1.29, 1.82) is 0 Å². The van der Waals surface area contributed by atoms with Gasteiger partial charge in [0.25, 0.3) is 0 Å². The van der Waals surface area contributed by atoms with Crippen LogP contribution in [0.1, 0.15) is 5.56 Å². The Balaban J connectivity index is 0.000000546. The highest BCUT2D eigenvalue weighted by atomic mass is 28.5. The maximum absolute atomic E-state index is 6.21. The molecule has 0 aliphatic heterocycles. The van der Waals surface area contributed by atoms with E-state index < -0.39 is 34.5 Å². The molecule has 0 fully saturated rings. The molecule has 0 aromatic heterocycles. The van der Waals surface area contributed by atoms with Gasteiger partial charge in [-0.25, -0.2) is 0 Å². The van der Waals surface area contributed by atoms with Crippen molar-refractivity contribution in [1.82, 2.24) is 0 Å². The predicted molar refractivity (Wildman–Crippen MR) is 117 cm³/mol. The molecule has 24 heavy (non-hydrogen) atoms. The van der Waals surface area contributed by atoms with E-state index in [4.69, 9.17) is 12.3 Å². The lowest BCUT2D eigenvalue weighted by Gasteiger charge is -2.37. The van der Waals surface area contributed by atoms with E-state index >= 15 is 0 Å². The summed E-state index contributed by atoms with van der Waals surface area (Å²) in [5.41, 5.74) is 1.17. The van der Waals surface area contributed by atoms with E-state index in [1.165, 1.54) is 5.56 Å². The van der Waals surface area contributed by atoms with Crippen molar-refractivity contribution < 1.29 is 12.3 Å². The van der Waals surface area contributed by atoms with E-state index in [0.717, 1.165) is 0 Å². The fourth-order valence-electron chi connectivity index (χ4n) is 2.53. The third kappa shape index (κ3) is 13.0. The molecule has 0 radical (unpaired) electrons. The first-order valence-corrected chi connectivity index (χ1v) is 20.3. The lowest BCUT2D eigenvalue weighted by molar-refractivity contribution is 0.335. The largest absolute Gasteiger partial charge is 0.440 e. The van der Waals surface area contributed by atoms with Crippen LogP contribution in [0, 0.1) is 0 Å². The van der Waals surface area contributed by atoms with E-state index in [1.54, 1.807) is 0 Å². The number of benzene rings is 1. The first-order valence-electron chi connectivity index (χ1n) is 8.52. The monoisotopic (exact) mass is 400 g/mol. The van der Waals surface area contributed by atoms with Crippen LogP contribution in [0.3, 0.4) is 0 Å². The Kier molecular flexibility index (Phi) is 9.88.